The van der Waals surface area contributed by atoms with Crippen LogP contribution in [0.15, 0.2) is 29.3 Å². The average molecular weight is 401 g/mol. The Morgan fingerprint density at radius 2 is 1.73 bits per heavy atom. The summed E-state index contributed by atoms with van der Waals surface area (Å²) in [6, 6.07) is 7.48. The van der Waals surface area contributed by atoms with Gasteiger partial charge in [0.15, 0.2) is 5.96 Å². The molecule has 0 unspecified atom stereocenters. The van der Waals surface area contributed by atoms with Crippen molar-refractivity contribution in [3.63, 3.8) is 0 Å². The zero-order valence-corrected chi connectivity index (χ0v) is 18.2. The summed E-state index contributed by atoms with van der Waals surface area (Å²) in [6.07, 6.45) is 2.09. The van der Waals surface area contributed by atoms with Crippen molar-refractivity contribution < 1.29 is 8.42 Å². The minimum atomic E-state index is -3.30. The maximum atomic E-state index is 12.0. The molecule has 0 saturated heterocycles. The van der Waals surface area contributed by atoms with Gasteiger partial charge in [-0.3, -0.25) is 4.99 Å². The molecule has 0 saturated carbocycles. The molecule has 1 aromatic rings. The molecule has 0 radical (unpaired) electrons. The van der Waals surface area contributed by atoms with E-state index in [-0.39, 0.29) is 16.5 Å². The lowest BCUT2D eigenvalue weighted by Crippen LogP contribution is -2.42. The predicted octanol–water partition coefficient (Wildman–Crippen LogP) is 2.32. The molecule has 1 aromatic carbocycles. The van der Waals surface area contributed by atoms with E-state index in [1.54, 1.807) is 18.8 Å². The van der Waals surface area contributed by atoms with Crippen molar-refractivity contribution in [3.05, 3.63) is 35.4 Å². The van der Waals surface area contributed by atoms with Gasteiger partial charge in [-0.15, -0.1) is 0 Å². The molecule has 26 heavy (non-hydrogen) atoms. The molecule has 0 aliphatic heterocycles. The van der Waals surface area contributed by atoms with Crippen LogP contribution >= 0.6 is 11.8 Å². The minimum Gasteiger partial charge on any atom is -0.355 e. The molecular formula is C18H32N4O2S2. The molecule has 8 heteroatoms. The van der Waals surface area contributed by atoms with Gasteiger partial charge < -0.3 is 10.6 Å². The number of aliphatic imine (C=N–C) groups is 1. The van der Waals surface area contributed by atoms with E-state index in [4.69, 9.17) is 0 Å². The second kappa shape index (κ2) is 10.2. The summed E-state index contributed by atoms with van der Waals surface area (Å²) in [5.41, 5.74) is 1.83. The molecule has 6 nitrogen and oxygen atoms in total. The van der Waals surface area contributed by atoms with Gasteiger partial charge in [0.25, 0.3) is 0 Å². The number of thioether (sulfide) groups is 1. The van der Waals surface area contributed by atoms with E-state index in [2.05, 4.69) is 40.5 Å². The van der Waals surface area contributed by atoms with Crippen LogP contribution in [0.4, 0.5) is 0 Å². The first-order valence-electron chi connectivity index (χ1n) is 8.64. The van der Waals surface area contributed by atoms with Crippen LogP contribution in [0.25, 0.3) is 0 Å². The molecule has 3 N–H and O–H groups in total. The highest BCUT2D eigenvalue weighted by molar-refractivity contribution is 7.99. The van der Waals surface area contributed by atoms with Gasteiger partial charge in [-0.2, -0.15) is 11.8 Å². The Morgan fingerprint density at radius 3 is 2.23 bits per heavy atom. The Hall–Kier alpha value is -1.25. The van der Waals surface area contributed by atoms with Gasteiger partial charge in [0.05, 0.1) is 5.75 Å². The minimum absolute atomic E-state index is 0.00806. The van der Waals surface area contributed by atoms with Crippen LogP contribution in [0.5, 0.6) is 0 Å². The Kier molecular flexibility index (Phi) is 8.92. The smallest absolute Gasteiger partial charge is 0.216 e. The lowest BCUT2D eigenvalue weighted by molar-refractivity contribution is 0.569. The number of nitrogens with zero attached hydrogens (tertiary/aromatic N) is 1. The van der Waals surface area contributed by atoms with Crippen LogP contribution < -0.4 is 15.4 Å². The molecule has 1 rings (SSSR count). The van der Waals surface area contributed by atoms with Crippen molar-refractivity contribution in [2.24, 2.45) is 4.99 Å². The van der Waals surface area contributed by atoms with Gasteiger partial charge in [-0.25, -0.2) is 13.1 Å². The molecular weight excluding hydrogens is 368 g/mol. The fourth-order valence-electron chi connectivity index (χ4n) is 2.15. The Labute approximate surface area is 162 Å². The van der Waals surface area contributed by atoms with Crippen LogP contribution in [0, 0.1) is 0 Å². The monoisotopic (exact) mass is 400 g/mol. The summed E-state index contributed by atoms with van der Waals surface area (Å²) in [5.74, 6) is 0.742. The molecule has 0 amide bonds. The normalized spacial score (nSPS) is 13.1. The zero-order valence-electron chi connectivity index (χ0n) is 16.6. The number of benzene rings is 1. The van der Waals surface area contributed by atoms with Gasteiger partial charge >= 0.3 is 0 Å². The maximum Gasteiger partial charge on any atom is 0.216 e. The van der Waals surface area contributed by atoms with Crippen molar-refractivity contribution in [1.82, 2.24) is 15.4 Å². The molecule has 0 aliphatic carbocycles. The fourth-order valence-corrected chi connectivity index (χ4v) is 3.80. The fraction of sp³-hybridized carbons (Fsp3) is 0.611. The third-order valence-electron chi connectivity index (χ3n) is 3.71. The molecule has 0 fully saturated rings. The molecule has 0 aromatic heterocycles. The third-order valence-corrected chi connectivity index (χ3v) is 6.51. The van der Waals surface area contributed by atoms with E-state index < -0.39 is 10.0 Å². The highest BCUT2D eigenvalue weighted by Crippen LogP contribution is 2.19. The highest BCUT2D eigenvalue weighted by Gasteiger charge is 2.16. The quantitative estimate of drug-likeness (QED) is 0.438. The zero-order chi connectivity index (χ0) is 19.8. The second-order valence-electron chi connectivity index (χ2n) is 7.09. The van der Waals surface area contributed by atoms with Crippen molar-refractivity contribution in [2.75, 3.05) is 19.8 Å². The predicted molar refractivity (Wildman–Crippen MR) is 113 cm³/mol. The van der Waals surface area contributed by atoms with E-state index in [9.17, 15) is 8.42 Å². The van der Waals surface area contributed by atoms with E-state index >= 15 is 0 Å². The number of hydrogen-bond acceptors (Lipinski definition) is 4. The van der Waals surface area contributed by atoms with Crippen molar-refractivity contribution in [2.45, 2.75) is 50.8 Å². The molecule has 0 heterocycles. The first kappa shape index (κ1) is 22.8. The Balaban J connectivity index is 2.56. The van der Waals surface area contributed by atoms with Crippen molar-refractivity contribution in [1.29, 1.82) is 0 Å². The summed E-state index contributed by atoms with van der Waals surface area (Å²) in [5, 5.41) is 6.60. The number of hydrogen-bond donors (Lipinski definition) is 3. The summed E-state index contributed by atoms with van der Waals surface area (Å²) in [6.45, 7) is 9.42. The topological polar surface area (TPSA) is 82.6 Å². The van der Waals surface area contributed by atoms with Crippen LogP contribution in [0.2, 0.25) is 0 Å². The lowest BCUT2D eigenvalue weighted by Gasteiger charge is -2.23. The Bertz CT molecular complexity index is 684. The van der Waals surface area contributed by atoms with Gasteiger partial charge in [0, 0.05) is 30.9 Å². The average Bonchev–Trinajstić information content (AvgIpc) is 2.55. The van der Waals surface area contributed by atoms with E-state index in [1.165, 1.54) is 0 Å². The summed E-state index contributed by atoms with van der Waals surface area (Å²) >= 11 is 1.80. The molecule has 0 spiro atoms. The lowest BCUT2D eigenvalue weighted by atomic mass is 10.1. The summed E-state index contributed by atoms with van der Waals surface area (Å²) in [7, 11) is -1.55. The first-order valence-corrected chi connectivity index (χ1v) is 11.5. The highest BCUT2D eigenvalue weighted by atomic mass is 32.2. The second-order valence-corrected chi connectivity index (χ2v) is 10.4. The maximum absolute atomic E-state index is 12.0. The number of nitrogens with one attached hydrogen (secondary N) is 3. The van der Waals surface area contributed by atoms with E-state index in [1.807, 2.05) is 38.1 Å². The summed E-state index contributed by atoms with van der Waals surface area (Å²) < 4.78 is 26.7. The summed E-state index contributed by atoms with van der Waals surface area (Å²) in [4.78, 5) is 4.23. The van der Waals surface area contributed by atoms with Crippen LogP contribution in [0.1, 0.15) is 38.8 Å². The SMILES string of the molecule is CN=C(NCc1ccc(CS(=O)(=O)NC(C)C)cc1)NCC(C)(C)SC. The molecule has 0 bridgehead atoms. The molecule has 0 aliphatic rings. The largest absolute Gasteiger partial charge is 0.355 e. The van der Waals surface area contributed by atoms with Crippen molar-refractivity contribution >= 4 is 27.7 Å². The molecule has 148 valence electrons. The number of rotatable bonds is 9. The first-order chi connectivity index (χ1) is 12.1. The van der Waals surface area contributed by atoms with Crippen LogP contribution in [-0.2, 0) is 22.3 Å². The standard InChI is InChI=1S/C18H32N4O2S2/c1-14(2)22-26(23,24)12-16-9-7-15(8-10-16)11-20-17(19-5)21-13-18(3,4)25-6/h7-10,14,22H,11-13H2,1-6H3,(H2,19,20,21). The van der Waals surface area contributed by atoms with Crippen LogP contribution in [0.3, 0.4) is 0 Å². The van der Waals surface area contributed by atoms with Crippen LogP contribution in [-0.4, -0.2) is 45.0 Å². The number of guanidine groups is 1. The van der Waals surface area contributed by atoms with Gasteiger partial charge in [0.1, 0.15) is 0 Å². The van der Waals surface area contributed by atoms with Gasteiger partial charge in [-0.1, -0.05) is 24.3 Å². The van der Waals surface area contributed by atoms with E-state index in [0.717, 1.165) is 23.6 Å². The third kappa shape index (κ3) is 8.91. The van der Waals surface area contributed by atoms with Gasteiger partial charge in [-0.05, 0) is 45.1 Å². The Morgan fingerprint density at radius 1 is 1.15 bits per heavy atom. The number of sulfonamides is 1. The molecule has 0 atom stereocenters. The van der Waals surface area contributed by atoms with E-state index in [0.29, 0.717) is 6.54 Å². The van der Waals surface area contributed by atoms with Gasteiger partial charge in [0.2, 0.25) is 10.0 Å². The van der Waals surface area contributed by atoms with Crippen molar-refractivity contribution in [3.8, 4) is 0 Å².